The summed E-state index contributed by atoms with van der Waals surface area (Å²) in [5, 5.41) is 0. The molecule has 4 nitrogen and oxygen atoms in total. The van der Waals surface area contributed by atoms with Gasteiger partial charge in [-0.05, 0) is 43.5 Å². The zero-order valence-electron chi connectivity index (χ0n) is 13.7. The third-order valence-corrected chi connectivity index (χ3v) is 3.45. The lowest BCUT2D eigenvalue weighted by Crippen LogP contribution is -2.43. The second kappa shape index (κ2) is 8.67. The van der Waals surface area contributed by atoms with Gasteiger partial charge in [0.15, 0.2) is 0 Å². The lowest BCUT2D eigenvalue weighted by molar-refractivity contribution is -0.131. The molecule has 1 amide bonds. The molecule has 0 radical (unpaired) electrons. The van der Waals surface area contributed by atoms with E-state index < -0.39 is 6.04 Å². The van der Waals surface area contributed by atoms with E-state index >= 15 is 0 Å². The summed E-state index contributed by atoms with van der Waals surface area (Å²) < 4.78 is 5.71. The van der Waals surface area contributed by atoms with Crippen molar-refractivity contribution in [2.24, 2.45) is 5.73 Å². The van der Waals surface area contributed by atoms with E-state index in [4.69, 9.17) is 10.5 Å². The van der Waals surface area contributed by atoms with Crippen molar-refractivity contribution in [1.29, 1.82) is 0 Å². The summed E-state index contributed by atoms with van der Waals surface area (Å²) in [7, 11) is 1.78. The quantitative estimate of drug-likeness (QED) is 0.801. The number of hydrogen-bond acceptors (Lipinski definition) is 3. The van der Waals surface area contributed by atoms with Crippen molar-refractivity contribution in [3.8, 4) is 5.75 Å². The Kier molecular flexibility index (Phi) is 7.23. The second-order valence-corrected chi connectivity index (χ2v) is 5.68. The maximum Gasteiger partial charge on any atom is 0.239 e. The van der Waals surface area contributed by atoms with E-state index in [0.717, 1.165) is 25.0 Å². The number of hydrogen-bond donors (Lipinski definition) is 1. The molecule has 0 saturated carbocycles. The molecule has 0 aliphatic carbocycles. The van der Waals surface area contributed by atoms with Crippen LogP contribution in [0.4, 0.5) is 0 Å². The van der Waals surface area contributed by atoms with Crippen LogP contribution < -0.4 is 10.5 Å². The molecule has 1 aromatic carbocycles. The van der Waals surface area contributed by atoms with Gasteiger partial charge in [-0.3, -0.25) is 4.79 Å². The molecular formula is C17H28N2O2. The predicted octanol–water partition coefficient (Wildman–Crippen LogP) is 2.66. The molecule has 1 atom stereocenters. The summed E-state index contributed by atoms with van der Waals surface area (Å²) in [5.74, 6) is 0.844. The standard InChI is InChI=1S/C17H28N2O2/c1-5-6-7-16(18)17(20)19(4)8-9-21-15-11-13(2)10-14(3)12-15/h10-12,16H,5-9,18H2,1-4H3. The van der Waals surface area contributed by atoms with E-state index in [0.29, 0.717) is 13.2 Å². The number of nitrogens with two attached hydrogens (primary N) is 1. The minimum absolute atomic E-state index is 0.00697. The number of likely N-dealkylation sites (N-methyl/N-ethyl adjacent to an activating group) is 1. The second-order valence-electron chi connectivity index (χ2n) is 5.68. The third-order valence-electron chi connectivity index (χ3n) is 3.45. The smallest absolute Gasteiger partial charge is 0.239 e. The fourth-order valence-electron chi connectivity index (χ4n) is 2.26. The van der Waals surface area contributed by atoms with Crippen LogP contribution in [0.3, 0.4) is 0 Å². The van der Waals surface area contributed by atoms with E-state index in [9.17, 15) is 4.79 Å². The van der Waals surface area contributed by atoms with Crippen LogP contribution in [0.25, 0.3) is 0 Å². The van der Waals surface area contributed by atoms with Gasteiger partial charge < -0.3 is 15.4 Å². The normalized spacial score (nSPS) is 12.0. The molecule has 0 fully saturated rings. The molecule has 0 heterocycles. The Morgan fingerprint density at radius 2 is 1.90 bits per heavy atom. The summed E-state index contributed by atoms with van der Waals surface area (Å²) >= 11 is 0. The summed E-state index contributed by atoms with van der Waals surface area (Å²) in [5.41, 5.74) is 8.25. The highest BCUT2D eigenvalue weighted by molar-refractivity contribution is 5.81. The lowest BCUT2D eigenvalue weighted by atomic mass is 10.1. The average Bonchev–Trinajstić information content (AvgIpc) is 2.42. The first-order valence-corrected chi connectivity index (χ1v) is 7.65. The fourth-order valence-corrected chi connectivity index (χ4v) is 2.26. The van der Waals surface area contributed by atoms with E-state index in [1.165, 1.54) is 11.1 Å². The molecule has 2 N–H and O–H groups in total. The van der Waals surface area contributed by atoms with Crippen molar-refractivity contribution in [3.63, 3.8) is 0 Å². The SMILES string of the molecule is CCCCC(N)C(=O)N(C)CCOc1cc(C)cc(C)c1. The van der Waals surface area contributed by atoms with Gasteiger partial charge in [0.25, 0.3) is 0 Å². The maximum atomic E-state index is 12.0. The van der Waals surface area contributed by atoms with Crippen molar-refractivity contribution in [2.45, 2.75) is 46.1 Å². The van der Waals surface area contributed by atoms with Crippen molar-refractivity contribution in [1.82, 2.24) is 4.90 Å². The first-order chi connectivity index (χ1) is 9.93. The van der Waals surface area contributed by atoms with Gasteiger partial charge in [0.2, 0.25) is 5.91 Å². The molecule has 1 rings (SSSR count). The minimum atomic E-state index is -0.392. The van der Waals surface area contributed by atoms with Gasteiger partial charge >= 0.3 is 0 Å². The van der Waals surface area contributed by atoms with Crippen molar-refractivity contribution in [3.05, 3.63) is 29.3 Å². The van der Waals surface area contributed by atoms with Crippen LogP contribution in [-0.4, -0.2) is 37.0 Å². The summed E-state index contributed by atoms with van der Waals surface area (Å²) in [4.78, 5) is 13.7. The molecule has 1 unspecified atom stereocenters. The molecule has 0 saturated heterocycles. The van der Waals surface area contributed by atoms with E-state index in [-0.39, 0.29) is 5.91 Å². The first kappa shape index (κ1) is 17.5. The van der Waals surface area contributed by atoms with Crippen LogP contribution in [0, 0.1) is 13.8 Å². The largest absolute Gasteiger partial charge is 0.492 e. The Hall–Kier alpha value is -1.55. The number of carbonyl (C=O) groups excluding carboxylic acids is 1. The average molecular weight is 292 g/mol. The number of unbranched alkanes of at least 4 members (excludes halogenated alkanes) is 1. The molecule has 0 aliphatic rings. The van der Waals surface area contributed by atoms with Crippen LogP contribution in [0.1, 0.15) is 37.3 Å². The minimum Gasteiger partial charge on any atom is -0.492 e. The molecule has 0 bridgehead atoms. The van der Waals surface area contributed by atoms with Gasteiger partial charge in [0.05, 0.1) is 12.6 Å². The number of ether oxygens (including phenoxy) is 1. The van der Waals surface area contributed by atoms with Gasteiger partial charge in [0, 0.05) is 7.05 Å². The molecule has 0 aromatic heterocycles. The zero-order chi connectivity index (χ0) is 15.8. The first-order valence-electron chi connectivity index (χ1n) is 7.65. The fraction of sp³-hybridized carbons (Fsp3) is 0.588. The predicted molar refractivity (Wildman–Crippen MR) is 86.5 cm³/mol. The lowest BCUT2D eigenvalue weighted by Gasteiger charge is -2.21. The highest BCUT2D eigenvalue weighted by Crippen LogP contribution is 2.16. The topological polar surface area (TPSA) is 55.6 Å². The highest BCUT2D eigenvalue weighted by Gasteiger charge is 2.17. The van der Waals surface area contributed by atoms with E-state index in [1.807, 2.05) is 26.0 Å². The summed E-state index contributed by atoms with van der Waals surface area (Å²) in [6.07, 6.45) is 2.79. The van der Waals surface area contributed by atoms with Gasteiger partial charge in [-0.25, -0.2) is 0 Å². The zero-order valence-corrected chi connectivity index (χ0v) is 13.7. The van der Waals surface area contributed by atoms with Crippen LogP contribution in [0.2, 0.25) is 0 Å². The van der Waals surface area contributed by atoms with Crippen LogP contribution in [0.5, 0.6) is 5.75 Å². The van der Waals surface area contributed by atoms with Gasteiger partial charge in [-0.15, -0.1) is 0 Å². The summed E-state index contributed by atoms with van der Waals surface area (Å²) in [6, 6.07) is 5.72. The molecule has 1 aromatic rings. The van der Waals surface area contributed by atoms with Crippen LogP contribution in [-0.2, 0) is 4.79 Å². The Morgan fingerprint density at radius 1 is 1.29 bits per heavy atom. The van der Waals surface area contributed by atoms with Crippen LogP contribution in [0.15, 0.2) is 18.2 Å². The van der Waals surface area contributed by atoms with Gasteiger partial charge in [-0.1, -0.05) is 25.8 Å². The Bertz CT molecular complexity index is 440. The Labute approximate surface area is 128 Å². The van der Waals surface area contributed by atoms with E-state index in [1.54, 1.807) is 11.9 Å². The van der Waals surface area contributed by atoms with Crippen molar-refractivity contribution in [2.75, 3.05) is 20.2 Å². The van der Waals surface area contributed by atoms with Crippen LogP contribution >= 0.6 is 0 Å². The molecule has 0 aliphatic heterocycles. The molecule has 4 heteroatoms. The van der Waals surface area contributed by atoms with Gasteiger partial charge in [0.1, 0.15) is 12.4 Å². The van der Waals surface area contributed by atoms with E-state index in [2.05, 4.69) is 13.0 Å². The molecular weight excluding hydrogens is 264 g/mol. The summed E-state index contributed by atoms with van der Waals surface area (Å²) in [6.45, 7) is 7.21. The molecule has 0 spiro atoms. The van der Waals surface area contributed by atoms with Gasteiger partial charge in [-0.2, -0.15) is 0 Å². The van der Waals surface area contributed by atoms with Crippen molar-refractivity contribution >= 4 is 5.91 Å². The van der Waals surface area contributed by atoms with Crippen molar-refractivity contribution < 1.29 is 9.53 Å². The number of aryl methyl sites for hydroxylation is 2. The number of carbonyl (C=O) groups is 1. The monoisotopic (exact) mass is 292 g/mol. The highest BCUT2D eigenvalue weighted by atomic mass is 16.5. The third kappa shape index (κ3) is 6.17. The molecule has 21 heavy (non-hydrogen) atoms. The Morgan fingerprint density at radius 3 is 2.48 bits per heavy atom. The number of rotatable bonds is 8. The Balaban J connectivity index is 2.38. The maximum absolute atomic E-state index is 12.0. The number of benzene rings is 1. The molecule has 118 valence electrons. The number of amides is 1. The number of nitrogens with zero attached hydrogens (tertiary/aromatic N) is 1.